The smallest absolute Gasteiger partial charge is 0.248 e. The van der Waals surface area contributed by atoms with Crippen LogP contribution < -0.4 is 5.73 Å². The summed E-state index contributed by atoms with van der Waals surface area (Å²) in [7, 11) is 0. The van der Waals surface area contributed by atoms with E-state index >= 15 is 0 Å². The first-order valence-corrected chi connectivity index (χ1v) is 17.4. The summed E-state index contributed by atoms with van der Waals surface area (Å²) in [4.78, 5) is 14.9. The fourth-order valence-electron chi connectivity index (χ4n) is 5.20. The van der Waals surface area contributed by atoms with Crippen LogP contribution in [-0.4, -0.2) is 56.9 Å². The van der Waals surface area contributed by atoms with Gasteiger partial charge in [-0.1, -0.05) is 155 Å². The van der Waals surface area contributed by atoms with Crippen LogP contribution in [0.4, 0.5) is 0 Å². The first kappa shape index (κ1) is 38.4. The van der Waals surface area contributed by atoms with E-state index in [-0.39, 0.29) is 12.5 Å². The molecule has 1 amide bonds. The minimum Gasteiger partial charge on any atom is -0.378 e. The molecule has 0 bridgehead atoms. The number of hydrogen-bond donors (Lipinski definition) is 1. The number of unbranched alkanes of at least 4 members (excludes halogenated alkanes) is 22. The van der Waals surface area contributed by atoms with Crippen LogP contribution in [0.25, 0.3) is 0 Å². The Labute approximate surface area is 244 Å². The van der Waals surface area contributed by atoms with Crippen LogP contribution in [0.3, 0.4) is 0 Å². The molecule has 0 aromatic heterocycles. The van der Waals surface area contributed by atoms with E-state index in [1.807, 2.05) is 0 Å². The fourth-order valence-corrected chi connectivity index (χ4v) is 5.20. The van der Waals surface area contributed by atoms with Crippen molar-refractivity contribution in [3.8, 4) is 0 Å². The first-order valence-electron chi connectivity index (χ1n) is 17.4. The van der Waals surface area contributed by atoms with Gasteiger partial charge < -0.3 is 20.1 Å². The Morgan fingerprint density at radius 1 is 0.487 bits per heavy atom. The third-order valence-corrected chi connectivity index (χ3v) is 7.78. The Balaban J connectivity index is 3.98. The molecule has 5 heteroatoms. The van der Waals surface area contributed by atoms with Crippen molar-refractivity contribution in [1.82, 2.24) is 4.90 Å². The lowest BCUT2D eigenvalue weighted by molar-refractivity contribution is -0.136. The molecule has 0 radical (unpaired) electrons. The van der Waals surface area contributed by atoms with Crippen molar-refractivity contribution in [1.29, 1.82) is 0 Å². The van der Waals surface area contributed by atoms with E-state index in [1.54, 1.807) is 0 Å². The molecule has 0 atom stereocenters. The molecule has 5 nitrogen and oxygen atoms in total. The molecule has 0 rings (SSSR count). The molecule has 0 saturated carbocycles. The lowest BCUT2D eigenvalue weighted by atomic mass is 10.0. The van der Waals surface area contributed by atoms with Crippen LogP contribution in [0, 0.1) is 0 Å². The van der Waals surface area contributed by atoms with Gasteiger partial charge in [-0.25, -0.2) is 0 Å². The molecular weight excluding hydrogens is 484 g/mol. The Morgan fingerprint density at radius 2 is 0.821 bits per heavy atom. The van der Waals surface area contributed by atoms with Gasteiger partial charge in [0, 0.05) is 19.6 Å². The van der Waals surface area contributed by atoms with Crippen molar-refractivity contribution in [3.63, 3.8) is 0 Å². The molecular formula is C34H70N2O3. The Kier molecular flexibility index (Phi) is 33.0. The van der Waals surface area contributed by atoms with Crippen LogP contribution in [0.15, 0.2) is 0 Å². The molecule has 0 unspecified atom stereocenters. The first-order chi connectivity index (χ1) is 19.3. The average molecular weight is 555 g/mol. The number of hydrogen-bond acceptors (Lipinski definition) is 4. The predicted octanol–water partition coefficient (Wildman–Crippen LogP) is 9.21. The maximum atomic E-state index is 12.8. The topological polar surface area (TPSA) is 64.8 Å². The number of nitrogens with zero attached hydrogens (tertiary/aromatic N) is 1. The number of carbonyl (C=O) groups is 1. The van der Waals surface area contributed by atoms with Crippen molar-refractivity contribution >= 4 is 5.91 Å². The van der Waals surface area contributed by atoms with Gasteiger partial charge in [0.05, 0.1) is 19.8 Å². The van der Waals surface area contributed by atoms with Gasteiger partial charge in [0.25, 0.3) is 0 Å². The van der Waals surface area contributed by atoms with Crippen molar-refractivity contribution < 1.29 is 14.3 Å². The highest BCUT2D eigenvalue weighted by Crippen LogP contribution is 2.14. The van der Waals surface area contributed by atoms with Crippen LogP contribution >= 0.6 is 0 Å². The minimum atomic E-state index is 0.139. The Hall–Kier alpha value is -0.650. The summed E-state index contributed by atoms with van der Waals surface area (Å²) in [5, 5.41) is 0. The summed E-state index contributed by atoms with van der Waals surface area (Å²) in [6.45, 7) is 8.50. The summed E-state index contributed by atoms with van der Waals surface area (Å²) in [6.07, 6.45) is 32.2. The zero-order valence-electron chi connectivity index (χ0n) is 26.7. The van der Waals surface area contributed by atoms with Gasteiger partial charge in [0.15, 0.2) is 0 Å². The van der Waals surface area contributed by atoms with Crippen LogP contribution in [-0.2, 0) is 14.3 Å². The van der Waals surface area contributed by atoms with Gasteiger partial charge in [-0.05, 0) is 12.8 Å². The van der Waals surface area contributed by atoms with Crippen LogP contribution in [0.1, 0.15) is 168 Å². The minimum absolute atomic E-state index is 0.139. The molecule has 0 aliphatic carbocycles. The molecule has 39 heavy (non-hydrogen) atoms. The summed E-state index contributed by atoms with van der Waals surface area (Å²) in [5.74, 6) is 0.139. The largest absolute Gasteiger partial charge is 0.378 e. The van der Waals surface area contributed by atoms with Crippen molar-refractivity contribution in [3.05, 3.63) is 0 Å². The second-order valence-electron chi connectivity index (χ2n) is 11.6. The van der Waals surface area contributed by atoms with E-state index in [2.05, 4.69) is 18.7 Å². The van der Waals surface area contributed by atoms with E-state index < -0.39 is 0 Å². The lowest BCUT2D eigenvalue weighted by Crippen LogP contribution is -2.36. The second kappa shape index (κ2) is 33.6. The fraction of sp³-hybridized carbons (Fsp3) is 0.971. The summed E-state index contributed by atoms with van der Waals surface area (Å²) >= 11 is 0. The van der Waals surface area contributed by atoms with Gasteiger partial charge in [-0.2, -0.15) is 0 Å². The molecule has 0 aromatic rings. The van der Waals surface area contributed by atoms with E-state index in [4.69, 9.17) is 15.2 Å². The molecule has 0 aromatic carbocycles. The molecule has 234 valence electrons. The van der Waals surface area contributed by atoms with Gasteiger partial charge in [-0.15, -0.1) is 0 Å². The molecule has 0 fully saturated rings. The number of amides is 1. The molecule has 0 aliphatic heterocycles. The highest BCUT2D eigenvalue weighted by atomic mass is 16.5. The zero-order valence-corrected chi connectivity index (χ0v) is 26.7. The molecule has 0 spiro atoms. The van der Waals surface area contributed by atoms with Crippen LogP contribution in [0.5, 0.6) is 0 Å². The standard InChI is InChI=1S/C34H70N2O3/c1-3-5-7-9-11-13-15-17-19-21-23-25-28-36(34(37)33-39-32-31-38-30-27-35)29-26-24-22-20-18-16-14-12-10-8-6-4-2/h3-33,35H2,1-2H3. The zero-order chi connectivity index (χ0) is 28.5. The summed E-state index contributed by atoms with van der Waals surface area (Å²) < 4.78 is 10.9. The van der Waals surface area contributed by atoms with Crippen LogP contribution in [0.2, 0.25) is 0 Å². The summed E-state index contributed by atoms with van der Waals surface area (Å²) in [6, 6.07) is 0. The lowest BCUT2D eigenvalue weighted by Gasteiger charge is -2.23. The molecule has 0 aliphatic rings. The van der Waals surface area contributed by atoms with Gasteiger partial charge in [-0.3, -0.25) is 4.79 Å². The van der Waals surface area contributed by atoms with E-state index in [1.165, 1.54) is 141 Å². The molecule has 0 heterocycles. The maximum absolute atomic E-state index is 12.8. The van der Waals surface area contributed by atoms with E-state index in [9.17, 15) is 4.79 Å². The van der Waals surface area contributed by atoms with Gasteiger partial charge >= 0.3 is 0 Å². The Bertz CT molecular complexity index is 447. The quantitative estimate of drug-likeness (QED) is 0.0821. The maximum Gasteiger partial charge on any atom is 0.248 e. The van der Waals surface area contributed by atoms with E-state index in [0.717, 1.165) is 25.9 Å². The number of carbonyl (C=O) groups excluding carboxylic acids is 1. The van der Waals surface area contributed by atoms with Crippen molar-refractivity contribution in [2.45, 2.75) is 168 Å². The number of ether oxygens (including phenoxy) is 2. The molecule has 0 saturated heterocycles. The van der Waals surface area contributed by atoms with Crippen molar-refractivity contribution in [2.24, 2.45) is 5.73 Å². The predicted molar refractivity (Wildman–Crippen MR) is 169 cm³/mol. The third kappa shape index (κ3) is 30.1. The highest BCUT2D eigenvalue weighted by Gasteiger charge is 2.13. The van der Waals surface area contributed by atoms with E-state index in [0.29, 0.717) is 26.4 Å². The second-order valence-corrected chi connectivity index (χ2v) is 11.6. The molecule has 2 N–H and O–H groups in total. The number of nitrogens with two attached hydrogens (primary N) is 1. The third-order valence-electron chi connectivity index (χ3n) is 7.78. The normalized spacial score (nSPS) is 11.4. The SMILES string of the molecule is CCCCCCCCCCCCCCN(CCCCCCCCCCCCCC)C(=O)COCCOCCN. The highest BCUT2D eigenvalue weighted by molar-refractivity contribution is 5.77. The van der Waals surface area contributed by atoms with Crippen molar-refractivity contribution in [2.75, 3.05) is 46.1 Å². The van der Waals surface area contributed by atoms with Gasteiger partial charge in [0.2, 0.25) is 5.91 Å². The summed E-state index contributed by atoms with van der Waals surface area (Å²) in [5.41, 5.74) is 5.44. The Morgan fingerprint density at radius 3 is 1.18 bits per heavy atom. The monoisotopic (exact) mass is 555 g/mol. The van der Waals surface area contributed by atoms with Gasteiger partial charge in [0.1, 0.15) is 6.61 Å². The number of rotatable bonds is 33. The average Bonchev–Trinajstić information content (AvgIpc) is 2.94.